The second-order valence-electron chi connectivity index (χ2n) is 2.22. The first-order chi connectivity index (χ1) is 5.24. The van der Waals surface area contributed by atoms with Crippen LogP contribution in [0.15, 0.2) is 18.2 Å². The zero-order valence-electron chi connectivity index (χ0n) is 5.85. The van der Waals surface area contributed by atoms with Crippen molar-refractivity contribution in [2.45, 2.75) is 6.42 Å². The molecule has 1 nitrogen and oxygen atoms in total. The van der Waals surface area contributed by atoms with Gasteiger partial charge in [-0.2, -0.15) is 0 Å². The number of rotatable bonds is 2. The molecular weight excluding hydrogens is 183 g/mol. The molecule has 0 atom stereocenters. The second kappa shape index (κ2) is 3.96. The van der Waals surface area contributed by atoms with Crippen molar-refractivity contribution in [1.82, 2.24) is 0 Å². The van der Waals surface area contributed by atoms with E-state index in [0.29, 0.717) is 16.5 Å². The predicted octanol–water partition coefficient (Wildman–Crippen LogP) is 2.53. The Labute approximate surface area is 75.6 Å². The van der Waals surface area contributed by atoms with Crippen LogP contribution in [0.2, 0.25) is 10.0 Å². The van der Waals surface area contributed by atoms with Gasteiger partial charge < -0.3 is 5.11 Å². The average Bonchev–Trinajstić information content (AvgIpc) is 1.98. The van der Waals surface area contributed by atoms with Crippen molar-refractivity contribution in [3.05, 3.63) is 33.8 Å². The molecule has 0 bridgehead atoms. The lowest BCUT2D eigenvalue weighted by molar-refractivity contribution is 0.299. The van der Waals surface area contributed by atoms with Crippen LogP contribution in [-0.4, -0.2) is 11.7 Å². The summed E-state index contributed by atoms with van der Waals surface area (Å²) in [6.07, 6.45) is 0.622. The van der Waals surface area contributed by atoms with Crippen LogP contribution in [-0.2, 0) is 6.42 Å². The first kappa shape index (κ1) is 8.85. The minimum Gasteiger partial charge on any atom is -0.396 e. The third-order valence-electron chi connectivity index (χ3n) is 1.38. The van der Waals surface area contributed by atoms with Crippen LogP contribution in [0.1, 0.15) is 5.56 Å². The molecule has 60 valence electrons. The van der Waals surface area contributed by atoms with Gasteiger partial charge in [-0.1, -0.05) is 29.3 Å². The van der Waals surface area contributed by atoms with E-state index in [1.54, 1.807) is 12.1 Å². The Morgan fingerprint density at radius 3 is 2.45 bits per heavy atom. The Balaban J connectivity index is 2.86. The molecule has 0 aliphatic heterocycles. The molecule has 0 aliphatic carbocycles. The molecule has 1 aromatic carbocycles. The smallest absolute Gasteiger partial charge is 0.0595 e. The van der Waals surface area contributed by atoms with E-state index >= 15 is 0 Å². The molecule has 0 spiro atoms. The van der Waals surface area contributed by atoms with E-state index in [2.05, 4.69) is 0 Å². The number of benzene rings is 1. The van der Waals surface area contributed by atoms with E-state index in [9.17, 15) is 0 Å². The Kier molecular flexibility index (Phi) is 3.18. The summed E-state index contributed by atoms with van der Waals surface area (Å²) in [6.45, 7) is 0.137. The fourth-order valence-electron chi connectivity index (χ4n) is 0.824. The summed E-state index contributed by atoms with van der Waals surface area (Å²) in [7, 11) is 0. The van der Waals surface area contributed by atoms with Crippen molar-refractivity contribution in [3.63, 3.8) is 0 Å². The molecule has 0 aromatic heterocycles. The molecule has 11 heavy (non-hydrogen) atoms. The molecule has 0 saturated heterocycles. The van der Waals surface area contributed by atoms with E-state index in [4.69, 9.17) is 28.3 Å². The van der Waals surface area contributed by atoms with Crippen molar-refractivity contribution in [2.24, 2.45) is 0 Å². The van der Waals surface area contributed by atoms with Gasteiger partial charge in [0.25, 0.3) is 0 Å². The van der Waals surface area contributed by atoms with Gasteiger partial charge in [0.05, 0.1) is 10.0 Å². The number of hydrogen-bond acceptors (Lipinski definition) is 1. The van der Waals surface area contributed by atoms with Crippen molar-refractivity contribution in [3.8, 4) is 0 Å². The molecule has 0 aliphatic rings. The van der Waals surface area contributed by atoms with Crippen LogP contribution in [0, 0.1) is 0 Å². The molecule has 3 heteroatoms. The van der Waals surface area contributed by atoms with Crippen LogP contribution in [0.5, 0.6) is 0 Å². The zero-order valence-corrected chi connectivity index (χ0v) is 7.36. The molecule has 0 heterocycles. The van der Waals surface area contributed by atoms with Crippen LogP contribution in [0.4, 0.5) is 0 Å². The Morgan fingerprint density at radius 2 is 1.91 bits per heavy atom. The van der Waals surface area contributed by atoms with E-state index in [0.717, 1.165) is 5.56 Å². The molecule has 0 saturated carbocycles. The molecule has 0 amide bonds. The largest absolute Gasteiger partial charge is 0.396 e. The van der Waals surface area contributed by atoms with Gasteiger partial charge in [-0.15, -0.1) is 0 Å². The summed E-state index contributed by atoms with van der Waals surface area (Å²) in [5, 5.41) is 9.69. The molecule has 0 radical (unpaired) electrons. The third kappa shape index (κ3) is 2.37. The summed E-state index contributed by atoms with van der Waals surface area (Å²) in [5.74, 6) is 0. The maximum absolute atomic E-state index is 8.60. The van der Waals surface area contributed by atoms with E-state index in [1.165, 1.54) is 0 Å². The van der Waals surface area contributed by atoms with E-state index in [1.807, 2.05) is 6.07 Å². The standard InChI is InChI=1S/C8H8Cl2O/c9-7-2-1-6(3-4-11)5-8(7)10/h1-2,5,11H,3-4H2. The third-order valence-corrected chi connectivity index (χ3v) is 2.12. The van der Waals surface area contributed by atoms with Crippen LogP contribution in [0.25, 0.3) is 0 Å². The van der Waals surface area contributed by atoms with Crippen LogP contribution in [0.3, 0.4) is 0 Å². The SMILES string of the molecule is OCCc1ccc(Cl)c(Cl)c1. The molecule has 1 N–H and O–H groups in total. The highest BCUT2D eigenvalue weighted by molar-refractivity contribution is 6.41. The highest BCUT2D eigenvalue weighted by Crippen LogP contribution is 2.22. The van der Waals surface area contributed by atoms with Crippen molar-refractivity contribution >= 4 is 23.2 Å². The number of aliphatic hydroxyl groups is 1. The lowest BCUT2D eigenvalue weighted by Crippen LogP contribution is -1.89. The molecular formula is C8H8Cl2O. The van der Waals surface area contributed by atoms with Crippen molar-refractivity contribution in [2.75, 3.05) is 6.61 Å². The fraction of sp³-hybridized carbons (Fsp3) is 0.250. The van der Waals surface area contributed by atoms with Gasteiger partial charge in [0.2, 0.25) is 0 Å². The molecule has 0 unspecified atom stereocenters. The zero-order chi connectivity index (χ0) is 8.27. The minimum atomic E-state index is 0.137. The van der Waals surface area contributed by atoms with Gasteiger partial charge in [0, 0.05) is 6.61 Å². The number of aliphatic hydroxyl groups excluding tert-OH is 1. The fourth-order valence-corrected chi connectivity index (χ4v) is 1.14. The Morgan fingerprint density at radius 1 is 1.18 bits per heavy atom. The Hall–Kier alpha value is -0.240. The van der Waals surface area contributed by atoms with Crippen LogP contribution >= 0.6 is 23.2 Å². The molecule has 1 rings (SSSR count). The highest BCUT2D eigenvalue weighted by Gasteiger charge is 1.97. The summed E-state index contributed by atoms with van der Waals surface area (Å²) in [4.78, 5) is 0. The quantitative estimate of drug-likeness (QED) is 0.761. The maximum atomic E-state index is 8.60. The Bertz CT molecular complexity index is 248. The lowest BCUT2D eigenvalue weighted by atomic mass is 10.2. The normalized spacial score (nSPS) is 10.1. The molecule has 0 fully saturated rings. The van der Waals surface area contributed by atoms with Gasteiger partial charge in [-0.3, -0.25) is 0 Å². The van der Waals surface area contributed by atoms with Crippen molar-refractivity contribution in [1.29, 1.82) is 0 Å². The summed E-state index contributed by atoms with van der Waals surface area (Å²) < 4.78 is 0. The summed E-state index contributed by atoms with van der Waals surface area (Å²) >= 11 is 11.4. The number of halogens is 2. The van der Waals surface area contributed by atoms with Gasteiger partial charge in [-0.05, 0) is 24.1 Å². The first-order valence-electron chi connectivity index (χ1n) is 3.29. The van der Waals surface area contributed by atoms with E-state index < -0.39 is 0 Å². The van der Waals surface area contributed by atoms with Crippen molar-refractivity contribution < 1.29 is 5.11 Å². The van der Waals surface area contributed by atoms with Crippen LogP contribution < -0.4 is 0 Å². The lowest BCUT2D eigenvalue weighted by Gasteiger charge is -1.99. The average molecular weight is 191 g/mol. The summed E-state index contributed by atoms with van der Waals surface area (Å²) in [5.41, 5.74) is 1.00. The first-order valence-corrected chi connectivity index (χ1v) is 4.04. The number of hydrogen-bond donors (Lipinski definition) is 1. The molecule has 1 aromatic rings. The predicted molar refractivity (Wildman–Crippen MR) is 47.3 cm³/mol. The topological polar surface area (TPSA) is 20.2 Å². The maximum Gasteiger partial charge on any atom is 0.0595 e. The van der Waals surface area contributed by atoms with Gasteiger partial charge in [0.1, 0.15) is 0 Å². The second-order valence-corrected chi connectivity index (χ2v) is 3.04. The summed E-state index contributed by atoms with van der Waals surface area (Å²) in [6, 6.07) is 5.35. The highest BCUT2D eigenvalue weighted by atomic mass is 35.5. The van der Waals surface area contributed by atoms with Gasteiger partial charge >= 0.3 is 0 Å². The van der Waals surface area contributed by atoms with Gasteiger partial charge in [0.15, 0.2) is 0 Å². The monoisotopic (exact) mass is 190 g/mol. The van der Waals surface area contributed by atoms with E-state index in [-0.39, 0.29) is 6.61 Å². The van der Waals surface area contributed by atoms with Gasteiger partial charge in [-0.25, -0.2) is 0 Å². The minimum absolute atomic E-state index is 0.137.